The molecule has 1 unspecified atom stereocenters. The molecule has 1 aliphatic rings. The fourth-order valence-corrected chi connectivity index (χ4v) is 2.93. The van der Waals surface area contributed by atoms with Gasteiger partial charge in [-0.05, 0) is 19.9 Å². The van der Waals surface area contributed by atoms with Gasteiger partial charge in [0, 0.05) is 24.5 Å². The molecule has 1 aromatic heterocycles. The number of amides is 1. The number of hydrogen-bond donors (Lipinski definition) is 2. The van der Waals surface area contributed by atoms with Crippen molar-refractivity contribution in [1.29, 1.82) is 0 Å². The summed E-state index contributed by atoms with van der Waals surface area (Å²) in [6, 6.07) is 0. The van der Waals surface area contributed by atoms with Crippen molar-refractivity contribution in [3.63, 3.8) is 0 Å². The van der Waals surface area contributed by atoms with Gasteiger partial charge in [0.05, 0.1) is 0 Å². The predicted octanol–water partition coefficient (Wildman–Crippen LogP) is 1.62. The topological polar surface area (TPSA) is 54.0 Å². The molecule has 0 radical (unpaired) electrons. The Kier molecular flexibility index (Phi) is 6.40. The Hall–Kier alpha value is -0.360. The van der Waals surface area contributed by atoms with E-state index in [1.165, 1.54) is 0 Å². The first-order valence-corrected chi connectivity index (χ1v) is 5.92. The van der Waals surface area contributed by atoms with Crippen LogP contribution in [0.4, 0.5) is 0 Å². The largest absolute Gasteiger partial charge is 0.343 e. The Morgan fingerprint density at radius 3 is 2.71 bits per heavy atom. The predicted molar refractivity (Wildman–Crippen MR) is 74.3 cm³/mol. The molecule has 1 saturated heterocycles. The Bertz CT molecular complexity index is 377. The van der Waals surface area contributed by atoms with Gasteiger partial charge < -0.3 is 10.6 Å². The van der Waals surface area contributed by atoms with Crippen molar-refractivity contribution in [2.24, 2.45) is 0 Å². The molecule has 17 heavy (non-hydrogen) atoms. The third-order valence-electron chi connectivity index (χ3n) is 2.60. The molecule has 0 aliphatic carbocycles. The SMILES string of the molecule is CC(=O)NC1(c2nc(C)cs2)CCNC1.Cl.Cl. The van der Waals surface area contributed by atoms with Crippen LogP contribution in [-0.4, -0.2) is 24.0 Å². The number of carbonyl (C=O) groups is 1. The molecule has 98 valence electrons. The molecule has 2 N–H and O–H groups in total. The van der Waals surface area contributed by atoms with E-state index in [1.807, 2.05) is 12.3 Å². The summed E-state index contributed by atoms with van der Waals surface area (Å²) in [7, 11) is 0. The third kappa shape index (κ3) is 3.55. The Balaban J connectivity index is 0.00000128. The monoisotopic (exact) mass is 297 g/mol. The minimum atomic E-state index is -0.273. The summed E-state index contributed by atoms with van der Waals surface area (Å²) in [5.41, 5.74) is 0.747. The van der Waals surface area contributed by atoms with Crippen molar-refractivity contribution < 1.29 is 4.79 Å². The van der Waals surface area contributed by atoms with Gasteiger partial charge >= 0.3 is 0 Å². The molecule has 0 aromatic carbocycles. The lowest BCUT2D eigenvalue weighted by molar-refractivity contribution is -0.120. The average Bonchev–Trinajstić information content (AvgIpc) is 2.73. The van der Waals surface area contributed by atoms with Crippen LogP contribution in [0.1, 0.15) is 24.0 Å². The fraction of sp³-hybridized carbons (Fsp3) is 0.600. The Labute approximate surface area is 117 Å². The second-order valence-electron chi connectivity index (χ2n) is 3.98. The number of halogens is 2. The minimum absolute atomic E-state index is 0. The lowest BCUT2D eigenvalue weighted by Crippen LogP contribution is -2.46. The second-order valence-corrected chi connectivity index (χ2v) is 4.84. The first-order chi connectivity index (χ1) is 7.12. The lowest BCUT2D eigenvalue weighted by Gasteiger charge is -2.26. The van der Waals surface area contributed by atoms with Crippen LogP contribution in [0.25, 0.3) is 0 Å². The third-order valence-corrected chi connectivity index (χ3v) is 3.76. The van der Waals surface area contributed by atoms with Crippen LogP contribution in [-0.2, 0) is 10.3 Å². The van der Waals surface area contributed by atoms with Crippen LogP contribution in [0.5, 0.6) is 0 Å². The van der Waals surface area contributed by atoms with Crippen molar-refractivity contribution in [2.45, 2.75) is 25.8 Å². The van der Waals surface area contributed by atoms with Gasteiger partial charge in [-0.2, -0.15) is 0 Å². The first kappa shape index (κ1) is 16.6. The van der Waals surface area contributed by atoms with Gasteiger partial charge in [0.15, 0.2) is 0 Å². The van der Waals surface area contributed by atoms with E-state index in [-0.39, 0.29) is 36.3 Å². The summed E-state index contributed by atoms with van der Waals surface area (Å²) >= 11 is 1.62. The maximum absolute atomic E-state index is 11.2. The van der Waals surface area contributed by atoms with Gasteiger partial charge in [-0.15, -0.1) is 36.2 Å². The van der Waals surface area contributed by atoms with Gasteiger partial charge in [-0.25, -0.2) is 4.98 Å². The normalized spacial score (nSPS) is 22.5. The maximum Gasteiger partial charge on any atom is 0.217 e. The summed E-state index contributed by atoms with van der Waals surface area (Å²) in [4.78, 5) is 15.7. The van der Waals surface area contributed by atoms with Crippen LogP contribution in [0.3, 0.4) is 0 Å². The van der Waals surface area contributed by atoms with Gasteiger partial charge in [0.2, 0.25) is 5.91 Å². The fourth-order valence-electron chi connectivity index (χ4n) is 1.95. The van der Waals surface area contributed by atoms with Crippen LogP contribution in [0, 0.1) is 6.92 Å². The van der Waals surface area contributed by atoms with Crippen LogP contribution in [0.15, 0.2) is 5.38 Å². The number of nitrogens with one attached hydrogen (secondary N) is 2. The molecule has 7 heteroatoms. The molecular weight excluding hydrogens is 281 g/mol. The van der Waals surface area contributed by atoms with Crippen molar-refractivity contribution in [3.05, 3.63) is 16.1 Å². The zero-order valence-corrected chi connectivity index (χ0v) is 12.2. The lowest BCUT2D eigenvalue weighted by atomic mass is 9.99. The number of hydrogen-bond acceptors (Lipinski definition) is 4. The molecule has 1 atom stereocenters. The smallest absolute Gasteiger partial charge is 0.217 e. The zero-order valence-electron chi connectivity index (χ0n) is 9.78. The zero-order chi connectivity index (χ0) is 10.9. The molecule has 0 bridgehead atoms. The van der Waals surface area contributed by atoms with Crippen molar-refractivity contribution in [2.75, 3.05) is 13.1 Å². The molecule has 2 rings (SSSR count). The van der Waals surface area contributed by atoms with Crippen molar-refractivity contribution >= 4 is 42.1 Å². The first-order valence-electron chi connectivity index (χ1n) is 5.04. The highest BCUT2D eigenvalue weighted by atomic mass is 35.5. The molecule has 1 aliphatic heterocycles. The minimum Gasteiger partial charge on any atom is -0.343 e. The maximum atomic E-state index is 11.2. The molecule has 0 spiro atoms. The number of carbonyl (C=O) groups excluding carboxylic acids is 1. The number of nitrogens with zero attached hydrogens (tertiary/aromatic N) is 1. The molecule has 0 saturated carbocycles. The number of rotatable bonds is 2. The van der Waals surface area contributed by atoms with E-state index in [2.05, 4.69) is 15.6 Å². The van der Waals surface area contributed by atoms with E-state index in [1.54, 1.807) is 18.3 Å². The van der Waals surface area contributed by atoms with Gasteiger partial charge in [0.1, 0.15) is 10.5 Å². The highest BCUT2D eigenvalue weighted by Crippen LogP contribution is 2.30. The van der Waals surface area contributed by atoms with E-state index < -0.39 is 0 Å². The van der Waals surface area contributed by atoms with Crippen LogP contribution < -0.4 is 10.6 Å². The summed E-state index contributed by atoms with van der Waals surface area (Å²) < 4.78 is 0. The summed E-state index contributed by atoms with van der Waals surface area (Å²) in [5.74, 6) is 0.00607. The molecule has 2 heterocycles. The number of aryl methyl sites for hydroxylation is 1. The van der Waals surface area contributed by atoms with E-state index in [0.717, 1.165) is 30.2 Å². The van der Waals surface area contributed by atoms with E-state index in [0.29, 0.717) is 0 Å². The average molecular weight is 298 g/mol. The molecular formula is C10H17Cl2N3OS. The van der Waals surface area contributed by atoms with E-state index in [4.69, 9.17) is 0 Å². The van der Waals surface area contributed by atoms with Gasteiger partial charge in [0.25, 0.3) is 0 Å². The van der Waals surface area contributed by atoms with Crippen LogP contribution >= 0.6 is 36.2 Å². The molecule has 4 nitrogen and oxygen atoms in total. The Morgan fingerprint density at radius 1 is 1.59 bits per heavy atom. The summed E-state index contributed by atoms with van der Waals surface area (Å²) in [6.07, 6.45) is 0.916. The number of aromatic nitrogens is 1. The van der Waals surface area contributed by atoms with E-state index >= 15 is 0 Å². The standard InChI is InChI=1S/C10H15N3OS.2ClH/c1-7-5-15-9(12-7)10(13-8(2)14)3-4-11-6-10;;/h5,11H,3-4,6H2,1-2H3,(H,13,14);2*1H. The van der Waals surface area contributed by atoms with Crippen molar-refractivity contribution in [3.8, 4) is 0 Å². The molecule has 1 aromatic rings. The Morgan fingerprint density at radius 2 is 2.29 bits per heavy atom. The quantitative estimate of drug-likeness (QED) is 0.872. The van der Waals surface area contributed by atoms with Crippen molar-refractivity contribution in [1.82, 2.24) is 15.6 Å². The van der Waals surface area contributed by atoms with E-state index in [9.17, 15) is 4.79 Å². The van der Waals surface area contributed by atoms with Gasteiger partial charge in [-0.3, -0.25) is 4.79 Å². The second kappa shape index (κ2) is 6.54. The highest BCUT2D eigenvalue weighted by Gasteiger charge is 2.38. The van der Waals surface area contributed by atoms with Crippen LogP contribution in [0.2, 0.25) is 0 Å². The molecule has 1 fully saturated rings. The molecule has 1 amide bonds. The number of thiazole rings is 1. The summed E-state index contributed by atoms with van der Waals surface area (Å²) in [5, 5.41) is 9.35. The summed E-state index contributed by atoms with van der Waals surface area (Å²) in [6.45, 7) is 5.24. The van der Waals surface area contributed by atoms with Gasteiger partial charge in [-0.1, -0.05) is 0 Å². The highest BCUT2D eigenvalue weighted by molar-refractivity contribution is 7.09.